The first-order valence-electron chi connectivity index (χ1n) is 7.44. The molecule has 0 radical (unpaired) electrons. The predicted molar refractivity (Wildman–Crippen MR) is 93.3 cm³/mol. The van der Waals surface area contributed by atoms with Crippen LogP contribution < -0.4 is 10.2 Å². The number of phenolic OH excluding ortho intramolecular Hbond substituents is 1. The highest BCUT2D eigenvalue weighted by Crippen LogP contribution is 2.20. The molecule has 0 heterocycles. The Kier molecular flexibility index (Phi) is 4.72. The van der Waals surface area contributed by atoms with E-state index < -0.39 is 0 Å². The van der Waals surface area contributed by atoms with Crippen LogP contribution in [0.1, 0.15) is 5.56 Å². The molecule has 0 atom stereocenters. The van der Waals surface area contributed by atoms with E-state index >= 15 is 0 Å². The van der Waals surface area contributed by atoms with Gasteiger partial charge in [-0.25, -0.2) is 5.43 Å². The van der Waals surface area contributed by atoms with Crippen LogP contribution in [0, 0.1) is 0 Å². The quantitative estimate of drug-likeness (QED) is 0.560. The van der Waals surface area contributed by atoms with Crippen LogP contribution >= 0.6 is 0 Å². The molecule has 0 aliphatic carbocycles. The molecule has 3 aromatic carbocycles. The molecule has 120 valence electrons. The number of nitrogens with zero attached hydrogens (tertiary/aromatic N) is 1. The minimum atomic E-state index is -0.380. The van der Waals surface area contributed by atoms with Gasteiger partial charge < -0.3 is 9.84 Å². The number of phenols is 1. The Labute approximate surface area is 139 Å². The molecule has 0 bridgehead atoms. The fraction of sp³-hybridized carbons (Fsp3) is 0.0526. The summed E-state index contributed by atoms with van der Waals surface area (Å²) in [7, 11) is 0. The van der Waals surface area contributed by atoms with Crippen molar-refractivity contribution in [1.29, 1.82) is 0 Å². The van der Waals surface area contributed by atoms with E-state index in [2.05, 4.69) is 10.5 Å². The van der Waals surface area contributed by atoms with E-state index in [1.54, 1.807) is 24.3 Å². The van der Waals surface area contributed by atoms with Gasteiger partial charge in [-0.15, -0.1) is 0 Å². The number of rotatable bonds is 5. The average molecular weight is 320 g/mol. The molecule has 2 N–H and O–H groups in total. The number of hydrogen-bond acceptors (Lipinski definition) is 4. The van der Waals surface area contributed by atoms with E-state index in [1.165, 1.54) is 6.21 Å². The fourth-order valence-corrected chi connectivity index (χ4v) is 2.21. The lowest BCUT2D eigenvalue weighted by Crippen LogP contribution is -2.24. The maximum absolute atomic E-state index is 11.7. The van der Waals surface area contributed by atoms with Crippen LogP contribution in [-0.4, -0.2) is 23.8 Å². The highest BCUT2D eigenvalue weighted by atomic mass is 16.5. The molecule has 3 aromatic rings. The number of carbonyl (C=O) groups is 1. The van der Waals surface area contributed by atoms with Crippen molar-refractivity contribution in [2.24, 2.45) is 5.10 Å². The second-order valence-electron chi connectivity index (χ2n) is 5.15. The van der Waals surface area contributed by atoms with Gasteiger partial charge in [-0.1, -0.05) is 42.5 Å². The van der Waals surface area contributed by atoms with E-state index in [4.69, 9.17) is 4.74 Å². The van der Waals surface area contributed by atoms with Crippen LogP contribution in [0.4, 0.5) is 0 Å². The molecule has 0 aliphatic rings. The molecule has 1 amide bonds. The lowest BCUT2D eigenvalue weighted by molar-refractivity contribution is -0.123. The first kappa shape index (κ1) is 15.6. The molecular formula is C19H16N2O3. The topological polar surface area (TPSA) is 70.9 Å². The van der Waals surface area contributed by atoms with Crippen LogP contribution in [0.25, 0.3) is 10.8 Å². The largest absolute Gasteiger partial charge is 0.507 e. The van der Waals surface area contributed by atoms with Gasteiger partial charge in [0.1, 0.15) is 11.5 Å². The van der Waals surface area contributed by atoms with Crippen LogP contribution in [-0.2, 0) is 4.79 Å². The number of benzene rings is 3. The predicted octanol–water partition coefficient (Wildman–Crippen LogP) is 3.07. The number of fused-ring (bicyclic) bond motifs is 1. The molecule has 0 aromatic heterocycles. The third-order valence-corrected chi connectivity index (χ3v) is 3.42. The molecule has 24 heavy (non-hydrogen) atoms. The standard InChI is InChI=1S/C19H16N2O3/c22-18-8-4-3-7-16(18)12-20-21-19(23)13-24-17-10-9-14-5-1-2-6-15(14)11-17/h1-12,22H,13H2,(H,21,23)/b20-12+. The van der Waals surface area contributed by atoms with Gasteiger partial charge in [-0.3, -0.25) is 4.79 Å². The van der Waals surface area contributed by atoms with Gasteiger partial charge in [0, 0.05) is 5.56 Å². The van der Waals surface area contributed by atoms with Crippen LogP contribution in [0.15, 0.2) is 71.8 Å². The minimum absolute atomic E-state index is 0.0999. The Morgan fingerprint density at radius 3 is 2.62 bits per heavy atom. The Hall–Kier alpha value is -3.34. The minimum Gasteiger partial charge on any atom is -0.507 e. The summed E-state index contributed by atoms with van der Waals surface area (Å²) >= 11 is 0. The zero-order valence-corrected chi connectivity index (χ0v) is 12.8. The summed E-state index contributed by atoms with van der Waals surface area (Å²) in [6, 6.07) is 20.3. The van der Waals surface area contributed by atoms with Gasteiger partial charge in [0.05, 0.1) is 6.21 Å². The van der Waals surface area contributed by atoms with E-state index in [1.807, 2.05) is 42.5 Å². The highest BCUT2D eigenvalue weighted by molar-refractivity contribution is 5.86. The van der Waals surface area contributed by atoms with Crippen LogP contribution in [0.2, 0.25) is 0 Å². The molecule has 5 heteroatoms. The monoisotopic (exact) mass is 320 g/mol. The van der Waals surface area contributed by atoms with Crippen LogP contribution in [0.5, 0.6) is 11.5 Å². The van der Waals surface area contributed by atoms with Crippen molar-refractivity contribution in [2.45, 2.75) is 0 Å². The smallest absolute Gasteiger partial charge is 0.277 e. The summed E-state index contributed by atoms with van der Waals surface area (Å²) in [6.45, 7) is -0.142. The average Bonchev–Trinajstić information content (AvgIpc) is 2.61. The van der Waals surface area contributed by atoms with Crippen molar-refractivity contribution in [3.63, 3.8) is 0 Å². The molecule has 0 spiro atoms. The van der Waals surface area contributed by atoms with Crippen molar-refractivity contribution in [3.05, 3.63) is 72.3 Å². The van der Waals surface area contributed by atoms with E-state index in [-0.39, 0.29) is 18.3 Å². The first-order valence-corrected chi connectivity index (χ1v) is 7.44. The first-order chi connectivity index (χ1) is 11.7. The van der Waals surface area contributed by atoms with Crippen molar-refractivity contribution in [2.75, 3.05) is 6.61 Å². The number of carbonyl (C=O) groups excluding carboxylic acids is 1. The molecule has 0 saturated carbocycles. The summed E-state index contributed by atoms with van der Waals surface area (Å²) < 4.78 is 5.47. The molecule has 5 nitrogen and oxygen atoms in total. The molecule has 0 saturated heterocycles. The number of ether oxygens (including phenoxy) is 1. The summed E-state index contributed by atoms with van der Waals surface area (Å²) in [5, 5.41) is 15.5. The Balaban J connectivity index is 1.54. The van der Waals surface area contributed by atoms with E-state index in [9.17, 15) is 9.90 Å². The van der Waals surface area contributed by atoms with E-state index in [0.717, 1.165) is 10.8 Å². The SMILES string of the molecule is O=C(COc1ccc2ccccc2c1)N/N=C/c1ccccc1O. The van der Waals surface area contributed by atoms with Crippen molar-refractivity contribution >= 4 is 22.9 Å². The Bertz CT molecular complexity index is 890. The van der Waals surface area contributed by atoms with Crippen molar-refractivity contribution in [1.82, 2.24) is 5.43 Å². The molecular weight excluding hydrogens is 304 g/mol. The number of aromatic hydroxyl groups is 1. The second-order valence-corrected chi connectivity index (χ2v) is 5.15. The van der Waals surface area contributed by atoms with Crippen LogP contribution in [0.3, 0.4) is 0 Å². The number of hydrogen-bond donors (Lipinski definition) is 2. The van der Waals surface area contributed by atoms with Gasteiger partial charge in [-0.2, -0.15) is 5.10 Å². The number of hydrazone groups is 1. The van der Waals surface area contributed by atoms with Crippen molar-refractivity contribution in [3.8, 4) is 11.5 Å². The maximum atomic E-state index is 11.7. The van der Waals surface area contributed by atoms with Crippen molar-refractivity contribution < 1.29 is 14.6 Å². The molecule has 0 unspecified atom stereocenters. The lowest BCUT2D eigenvalue weighted by Gasteiger charge is -2.06. The molecule has 3 rings (SSSR count). The Morgan fingerprint density at radius 2 is 1.79 bits per heavy atom. The normalized spacial score (nSPS) is 10.8. The summed E-state index contributed by atoms with van der Waals surface area (Å²) in [6.07, 6.45) is 1.38. The highest BCUT2D eigenvalue weighted by Gasteiger charge is 2.03. The lowest BCUT2D eigenvalue weighted by atomic mass is 10.1. The maximum Gasteiger partial charge on any atom is 0.277 e. The zero-order chi connectivity index (χ0) is 16.8. The molecule has 0 aliphatic heterocycles. The molecule has 0 fully saturated rings. The second kappa shape index (κ2) is 7.28. The third kappa shape index (κ3) is 3.89. The van der Waals surface area contributed by atoms with Gasteiger partial charge in [0.2, 0.25) is 0 Å². The number of amides is 1. The summed E-state index contributed by atoms with van der Waals surface area (Å²) in [4.78, 5) is 11.7. The fourth-order valence-electron chi connectivity index (χ4n) is 2.21. The summed E-state index contributed by atoms with van der Waals surface area (Å²) in [5.41, 5.74) is 2.88. The number of para-hydroxylation sites is 1. The zero-order valence-electron chi connectivity index (χ0n) is 12.8. The van der Waals surface area contributed by atoms with Gasteiger partial charge in [0.25, 0.3) is 5.91 Å². The van der Waals surface area contributed by atoms with Gasteiger partial charge in [0.15, 0.2) is 6.61 Å². The third-order valence-electron chi connectivity index (χ3n) is 3.42. The Morgan fingerprint density at radius 1 is 1.04 bits per heavy atom. The van der Waals surface area contributed by atoms with Gasteiger partial charge >= 0.3 is 0 Å². The van der Waals surface area contributed by atoms with Gasteiger partial charge in [-0.05, 0) is 35.0 Å². The van der Waals surface area contributed by atoms with E-state index in [0.29, 0.717) is 11.3 Å². The summed E-state index contributed by atoms with van der Waals surface area (Å²) in [5.74, 6) is 0.339. The number of nitrogens with one attached hydrogen (secondary N) is 1.